The average molecular weight is 539 g/mol. The van der Waals surface area contributed by atoms with Gasteiger partial charge in [-0.25, -0.2) is 22.4 Å². The summed E-state index contributed by atoms with van der Waals surface area (Å²) in [7, 11) is -1.79. The van der Waals surface area contributed by atoms with Crippen molar-refractivity contribution in [2.45, 2.75) is 17.9 Å². The molecule has 0 radical (unpaired) electrons. The zero-order valence-corrected chi connectivity index (χ0v) is 20.7. The summed E-state index contributed by atoms with van der Waals surface area (Å²) in [6.07, 6.45) is -1.54. The number of hydrogen-bond acceptors (Lipinski definition) is 8. The summed E-state index contributed by atoms with van der Waals surface area (Å²) in [6.45, 7) is 1.18. The van der Waals surface area contributed by atoms with Crippen molar-refractivity contribution >= 4 is 44.9 Å². The van der Waals surface area contributed by atoms with Crippen LogP contribution in [0.25, 0.3) is 0 Å². The second kappa shape index (κ2) is 9.95. The number of ketones is 1. The van der Waals surface area contributed by atoms with Crippen LogP contribution < -0.4 is 21.7 Å². The fourth-order valence-corrected chi connectivity index (χ4v) is 4.41. The number of hydrogen-bond donors (Lipinski definition) is 2. The summed E-state index contributed by atoms with van der Waals surface area (Å²) in [6, 6.07) is 7.75. The zero-order valence-electron chi connectivity index (χ0n) is 19.1. The monoisotopic (exact) mass is 538 g/mol. The molecule has 1 atom stereocenters. The highest BCUT2D eigenvalue weighted by Gasteiger charge is 2.28. The molecular formula is C22H20ClFN4O7S. The van der Waals surface area contributed by atoms with E-state index in [1.807, 2.05) is 0 Å². The number of nitrogen functional groups attached to an aromatic ring is 1. The Morgan fingerprint density at radius 1 is 1.08 bits per heavy atom. The van der Waals surface area contributed by atoms with Gasteiger partial charge in [-0.1, -0.05) is 11.6 Å². The molecule has 11 nitrogen and oxygen atoms in total. The van der Waals surface area contributed by atoms with Crippen LogP contribution in [-0.2, 0) is 28.9 Å². The van der Waals surface area contributed by atoms with Gasteiger partial charge in [0.05, 0.1) is 15.5 Å². The Balaban J connectivity index is 1.88. The van der Waals surface area contributed by atoms with Gasteiger partial charge >= 0.3 is 11.7 Å². The number of aromatic nitrogens is 2. The maximum atomic E-state index is 13.1. The van der Waals surface area contributed by atoms with Gasteiger partial charge in [-0.2, -0.15) is 0 Å². The molecule has 2 aromatic carbocycles. The van der Waals surface area contributed by atoms with Gasteiger partial charge < -0.3 is 10.5 Å². The molecule has 3 rings (SSSR count). The third-order valence-corrected chi connectivity index (χ3v) is 6.88. The van der Waals surface area contributed by atoms with Crippen LogP contribution in [-0.4, -0.2) is 35.4 Å². The Bertz CT molecular complexity index is 1600. The molecule has 190 valence electrons. The van der Waals surface area contributed by atoms with E-state index in [1.54, 1.807) is 0 Å². The lowest BCUT2D eigenvalue weighted by molar-refractivity contribution is 0.0318. The standard InChI is InChI=1S/C22H20ClFN4O7S/c1-11(18(29)17-19(25)27(2)22(32)28(3)20(17)30)35-21(31)15-10-14(8-9-16(15)23)36(33,34)26-13-6-4-12(24)5-7-13/h4-11,26H,25H2,1-3H3/t11-/m0/s1. The lowest BCUT2D eigenvalue weighted by Crippen LogP contribution is -2.43. The van der Waals surface area contributed by atoms with E-state index < -0.39 is 56.3 Å². The number of carbonyl (C=O) groups is 2. The molecule has 0 saturated heterocycles. The highest BCUT2D eigenvalue weighted by atomic mass is 35.5. The first-order valence-electron chi connectivity index (χ1n) is 10.1. The number of sulfonamides is 1. The molecule has 0 aliphatic heterocycles. The van der Waals surface area contributed by atoms with Gasteiger partial charge in [0, 0.05) is 19.8 Å². The summed E-state index contributed by atoms with van der Waals surface area (Å²) in [5.74, 6) is -3.10. The average Bonchev–Trinajstić information content (AvgIpc) is 2.82. The second-order valence-electron chi connectivity index (χ2n) is 7.63. The van der Waals surface area contributed by atoms with Crippen LogP contribution in [0.4, 0.5) is 15.9 Å². The molecule has 0 saturated carbocycles. The Morgan fingerprint density at radius 3 is 2.31 bits per heavy atom. The number of nitrogens with two attached hydrogens (primary N) is 1. The lowest BCUT2D eigenvalue weighted by Gasteiger charge is -2.16. The van der Waals surface area contributed by atoms with Gasteiger partial charge in [-0.3, -0.25) is 23.4 Å². The lowest BCUT2D eigenvalue weighted by atomic mass is 10.1. The molecule has 0 unspecified atom stereocenters. The SMILES string of the molecule is C[C@H](OC(=O)c1cc(S(=O)(=O)Nc2ccc(F)cc2)ccc1Cl)C(=O)c1c(N)n(C)c(=O)n(C)c1=O. The largest absolute Gasteiger partial charge is 0.451 e. The smallest absolute Gasteiger partial charge is 0.340 e. The fraction of sp³-hybridized carbons (Fsp3) is 0.182. The number of Topliss-reactive ketones (excluding diaryl/α,β-unsaturated/α-hetero) is 1. The van der Waals surface area contributed by atoms with Crippen molar-refractivity contribution in [3.8, 4) is 0 Å². The Labute approximate surface area is 208 Å². The number of nitrogens with one attached hydrogen (secondary N) is 1. The highest BCUT2D eigenvalue weighted by molar-refractivity contribution is 7.92. The number of ether oxygens (including phenoxy) is 1. The van der Waals surface area contributed by atoms with E-state index in [0.717, 1.165) is 41.9 Å². The van der Waals surface area contributed by atoms with Crippen LogP contribution in [0.3, 0.4) is 0 Å². The van der Waals surface area contributed by atoms with Crippen molar-refractivity contribution in [1.82, 2.24) is 9.13 Å². The van der Waals surface area contributed by atoms with E-state index in [9.17, 15) is 32.0 Å². The predicted octanol–water partition coefficient (Wildman–Crippen LogP) is 1.69. The summed E-state index contributed by atoms with van der Waals surface area (Å²) >= 11 is 6.05. The zero-order chi connectivity index (χ0) is 26.9. The first-order chi connectivity index (χ1) is 16.7. The van der Waals surface area contributed by atoms with Crippen molar-refractivity contribution in [3.05, 3.63) is 85.3 Å². The third-order valence-electron chi connectivity index (χ3n) is 5.17. The number of esters is 1. The third kappa shape index (κ3) is 5.16. The molecule has 14 heteroatoms. The normalized spacial score (nSPS) is 12.1. The van der Waals surface area contributed by atoms with E-state index >= 15 is 0 Å². The maximum absolute atomic E-state index is 13.1. The molecule has 0 aliphatic rings. The number of nitrogens with zero attached hydrogens (tertiary/aromatic N) is 2. The van der Waals surface area contributed by atoms with Gasteiger partial charge in [0.2, 0.25) is 5.78 Å². The number of anilines is 2. The minimum absolute atomic E-state index is 0.0751. The molecule has 0 spiro atoms. The van der Waals surface area contributed by atoms with Gasteiger partial charge in [-0.15, -0.1) is 0 Å². The van der Waals surface area contributed by atoms with Crippen molar-refractivity contribution in [3.63, 3.8) is 0 Å². The van der Waals surface area contributed by atoms with Gasteiger partial charge in [0.15, 0.2) is 6.10 Å². The molecule has 3 aromatic rings. The van der Waals surface area contributed by atoms with Gasteiger partial charge in [0.25, 0.3) is 15.6 Å². The number of rotatable bonds is 7. The fourth-order valence-electron chi connectivity index (χ4n) is 3.13. The van der Waals surface area contributed by atoms with Gasteiger partial charge in [-0.05, 0) is 49.4 Å². The molecule has 0 aliphatic carbocycles. The van der Waals surface area contributed by atoms with Crippen LogP contribution in [0.15, 0.2) is 56.9 Å². The molecule has 3 N–H and O–H groups in total. The van der Waals surface area contributed by atoms with E-state index in [2.05, 4.69) is 4.72 Å². The molecular weight excluding hydrogens is 519 g/mol. The Hall–Kier alpha value is -3.97. The number of carbonyl (C=O) groups excluding carboxylic acids is 2. The first kappa shape index (κ1) is 26.6. The van der Waals surface area contributed by atoms with E-state index in [0.29, 0.717) is 4.57 Å². The molecule has 0 fully saturated rings. The van der Waals surface area contributed by atoms with Crippen LogP contribution in [0.2, 0.25) is 5.02 Å². The first-order valence-corrected chi connectivity index (χ1v) is 12.0. The van der Waals surface area contributed by atoms with E-state index in [1.165, 1.54) is 26.1 Å². The number of benzene rings is 2. The molecule has 1 heterocycles. The topological polar surface area (TPSA) is 160 Å². The van der Waals surface area contributed by atoms with Crippen LogP contribution in [0.5, 0.6) is 0 Å². The second-order valence-corrected chi connectivity index (χ2v) is 9.72. The van der Waals surface area contributed by atoms with Crippen LogP contribution >= 0.6 is 11.6 Å². The summed E-state index contributed by atoms with van der Waals surface area (Å²) in [4.78, 5) is 49.6. The summed E-state index contributed by atoms with van der Waals surface area (Å²) in [5.41, 5.74) is 3.20. The highest BCUT2D eigenvalue weighted by Crippen LogP contribution is 2.24. The Kier molecular flexibility index (Phi) is 7.36. The van der Waals surface area contributed by atoms with Crippen LogP contribution in [0.1, 0.15) is 27.6 Å². The molecule has 1 aromatic heterocycles. The molecule has 36 heavy (non-hydrogen) atoms. The predicted molar refractivity (Wildman–Crippen MR) is 129 cm³/mol. The Morgan fingerprint density at radius 2 is 1.69 bits per heavy atom. The minimum atomic E-state index is -4.21. The van der Waals surface area contributed by atoms with Crippen molar-refractivity contribution < 1.29 is 27.1 Å². The number of halogens is 2. The van der Waals surface area contributed by atoms with Crippen LogP contribution in [0, 0.1) is 5.82 Å². The summed E-state index contributed by atoms with van der Waals surface area (Å²) < 4.78 is 47.5. The maximum Gasteiger partial charge on any atom is 0.340 e. The van der Waals surface area contributed by atoms with Crippen molar-refractivity contribution in [2.75, 3.05) is 10.5 Å². The van der Waals surface area contributed by atoms with E-state index in [-0.39, 0.29) is 21.2 Å². The quantitative estimate of drug-likeness (QED) is 0.339. The van der Waals surface area contributed by atoms with Gasteiger partial charge in [0.1, 0.15) is 17.2 Å². The van der Waals surface area contributed by atoms with Crippen molar-refractivity contribution in [1.29, 1.82) is 0 Å². The van der Waals surface area contributed by atoms with E-state index in [4.69, 9.17) is 22.1 Å². The summed E-state index contributed by atoms with van der Waals surface area (Å²) in [5, 5.41) is -0.169. The molecule has 0 bridgehead atoms. The molecule has 0 amide bonds. The minimum Gasteiger partial charge on any atom is -0.451 e. The van der Waals surface area contributed by atoms with Crippen molar-refractivity contribution in [2.24, 2.45) is 14.1 Å².